The second kappa shape index (κ2) is 6.94. The van der Waals surface area contributed by atoms with E-state index >= 15 is 0 Å². The van der Waals surface area contributed by atoms with Crippen LogP contribution in [0.25, 0.3) is 5.65 Å². The van der Waals surface area contributed by atoms with Gasteiger partial charge < -0.3 is 4.74 Å². The van der Waals surface area contributed by atoms with Crippen LogP contribution in [0, 0.1) is 6.92 Å². The third-order valence-corrected chi connectivity index (χ3v) is 5.28. The quantitative estimate of drug-likeness (QED) is 0.626. The summed E-state index contributed by atoms with van der Waals surface area (Å²) in [6, 6.07) is 12.4. The summed E-state index contributed by atoms with van der Waals surface area (Å²) in [6.45, 7) is 4.43. The standard InChI is InChI=1S/C22H24N2O2/c1-3-26-20-12-7-13-24-21(15(2)23-22(20)24)19(25)14-17-10-6-9-16-8-4-5-11-18(16)17/h4-5,7-8,11-13,17H,3,6,9-10,14H2,1-2H3/t17-/m1/s1. The van der Waals surface area contributed by atoms with Gasteiger partial charge in [0, 0.05) is 12.6 Å². The summed E-state index contributed by atoms with van der Waals surface area (Å²) in [5, 5.41) is 0. The molecule has 1 aliphatic rings. The number of hydrogen-bond acceptors (Lipinski definition) is 3. The number of aryl methyl sites for hydroxylation is 2. The lowest BCUT2D eigenvalue weighted by Gasteiger charge is -2.25. The summed E-state index contributed by atoms with van der Waals surface area (Å²) in [7, 11) is 0. The fourth-order valence-electron chi connectivity index (χ4n) is 4.15. The molecule has 0 saturated carbocycles. The van der Waals surface area contributed by atoms with Crippen molar-refractivity contribution in [1.82, 2.24) is 9.38 Å². The van der Waals surface area contributed by atoms with Gasteiger partial charge in [0.2, 0.25) is 0 Å². The van der Waals surface area contributed by atoms with Crippen molar-refractivity contribution in [1.29, 1.82) is 0 Å². The van der Waals surface area contributed by atoms with E-state index in [1.807, 2.05) is 36.6 Å². The highest BCUT2D eigenvalue weighted by molar-refractivity contribution is 5.97. The van der Waals surface area contributed by atoms with Crippen LogP contribution in [0.5, 0.6) is 5.75 Å². The van der Waals surface area contributed by atoms with Gasteiger partial charge in [0.25, 0.3) is 0 Å². The molecule has 4 nitrogen and oxygen atoms in total. The van der Waals surface area contributed by atoms with Gasteiger partial charge in [0.1, 0.15) is 5.69 Å². The van der Waals surface area contributed by atoms with Crippen LogP contribution in [-0.4, -0.2) is 21.8 Å². The fourth-order valence-corrected chi connectivity index (χ4v) is 4.15. The van der Waals surface area contributed by atoms with Crippen molar-refractivity contribution in [3.05, 3.63) is 65.1 Å². The summed E-state index contributed by atoms with van der Waals surface area (Å²) in [6.07, 6.45) is 5.77. The van der Waals surface area contributed by atoms with E-state index in [2.05, 4.69) is 29.2 Å². The number of imidazole rings is 1. The number of hydrogen-bond donors (Lipinski definition) is 0. The van der Waals surface area contributed by atoms with Crippen LogP contribution in [-0.2, 0) is 6.42 Å². The highest BCUT2D eigenvalue weighted by atomic mass is 16.5. The molecule has 0 amide bonds. The Morgan fingerprint density at radius 2 is 2.12 bits per heavy atom. The van der Waals surface area contributed by atoms with Gasteiger partial charge in [-0.25, -0.2) is 4.98 Å². The first kappa shape index (κ1) is 16.8. The van der Waals surface area contributed by atoms with E-state index in [0.717, 1.165) is 36.4 Å². The first-order valence-corrected chi connectivity index (χ1v) is 9.40. The molecule has 0 fully saturated rings. The molecule has 1 aliphatic carbocycles. The van der Waals surface area contributed by atoms with Crippen molar-refractivity contribution in [3.8, 4) is 5.75 Å². The van der Waals surface area contributed by atoms with E-state index in [9.17, 15) is 4.79 Å². The minimum Gasteiger partial charge on any atom is -0.490 e. The van der Waals surface area contributed by atoms with Crippen molar-refractivity contribution in [3.63, 3.8) is 0 Å². The number of rotatable bonds is 5. The molecule has 2 aromatic heterocycles. The van der Waals surface area contributed by atoms with Crippen LogP contribution >= 0.6 is 0 Å². The number of ketones is 1. The monoisotopic (exact) mass is 348 g/mol. The van der Waals surface area contributed by atoms with Crippen LogP contribution in [0.4, 0.5) is 0 Å². The molecular weight excluding hydrogens is 324 g/mol. The maximum absolute atomic E-state index is 13.2. The number of ether oxygens (including phenoxy) is 1. The van der Waals surface area contributed by atoms with Crippen LogP contribution in [0.15, 0.2) is 42.6 Å². The largest absolute Gasteiger partial charge is 0.490 e. The Bertz CT molecular complexity index is 958. The zero-order valence-corrected chi connectivity index (χ0v) is 15.4. The topological polar surface area (TPSA) is 43.6 Å². The van der Waals surface area contributed by atoms with Crippen LogP contribution in [0.1, 0.15) is 59.4 Å². The Hall–Kier alpha value is -2.62. The van der Waals surface area contributed by atoms with Gasteiger partial charge in [0.05, 0.1) is 12.3 Å². The van der Waals surface area contributed by atoms with Crippen LogP contribution < -0.4 is 4.74 Å². The summed E-state index contributed by atoms with van der Waals surface area (Å²) < 4.78 is 7.56. The molecule has 134 valence electrons. The average Bonchev–Trinajstić information content (AvgIpc) is 2.99. The molecule has 0 unspecified atom stereocenters. The number of nitrogens with zero attached hydrogens (tertiary/aromatic N) is 2. The number of fused-ring (bicyclic) bond motifs is 2. The summed E-state index contributed by atoms with van der Waals surface area (Å²) in [5.74, 6) is 1.18. The summed E-state index contributed by atoms with van der Waals surface area (Å²) >= 11 is 0. The van der Waals surface area contributed by atoms with E-state index in [4.69, 9.17) is 4.74 Å². The Labute approximate surface area is 153 Å². The number of aromatic nitrogens is 2. The number of carbonyl (C=O) groups excluding carboxylic acids is 1. The Kier molecular flexibility index (Phi) is 4.49. The first-order chi connectivity index (χ1) is 12.7. The molecule has 0 spiro atoms. The van der Waals surface area contributed by atoms with Gasteiger partial charge in [-0.05, 0) is 62.3 Å². The lowest BCUT2D eigenvalue weighted by molar-refractivity contribution is 0.0964. The Balaban J connectivity index is 1.68. The molecule has 0 aliphatic heterocycles. The summed E-state index contributed by atoms with van der Waals surface area (Å²) in [5.41, 5.74) is 4.91. The number of Topliss-reactive ketones (excluding diaryl/α,β-unsaturated/α-hetero) is 1. The van der Waals surface area contributed by atoms with E-state index in [1.54, 1.807) is 0 Å². The zero-order valence-electron chi connectivity index (χ0n) is 15.4. The van der Waals surface area contributed by atoms with Gasteiger partial charge in [-0.15, -0.1) is 0 Å². The molecule has 2 heterocycles. The zero-order chi connectivity index (χ0) is 18.1. The molecule has 0 saturated heterocycles. The van der Waals surface area contributed by atoms with E-state index in [0.29, 0.717) is 24.6 Å². The minimum absolute atomic E-state index is 0.158. The Morgan fingerprint density at radius 3 is 2.96 bits per heavy atom. The van der Waals surface area contributed by atoms with Gasteiger partial charge in [-0.2, -0.15) is 0 Å². The minimum atomic E-state index is 0.158. The maximum atomic E-state index is 13.2. The fraction of sp³-hybridized carbons (Fsp3) is 0.364. The molecule has 3 aromatic rings. The molecule has 1 aromatic carbocycles. The predicted molar refractivity (Wildman–Crippen MR) is 102 cm³/mol. The number of pyridine rings is 1. The predicted octanol–water partition coefficient (Wildman–Crippen LogP) is 4.73. The van der Waals surface area contributed by atoms with Gasteiger partial charge >= 0.3 is 0 Å². The van der Waals surface area contributed by atoms with Crippen LogP contribution in [0.3, 0.4) is 0 Å². The van der Waals surface area contributed by atoms with Gasteiger partial charge in [-0.3, -0.25) is 9.20 Å². The maximum Gasteiger partial charge on any atom is 0.182 e. The molecule has 0 bridgehead atoms. The number of carbonyl (C=O) groups is 1. The average molecular weight is 348 g/mol. The second-order valence-electron chi connectivity index (χ2n) is 6.96. The highest BCUT2D eigenvalue weighted by Crippen LogP contribution is 2.35. The van der Waals surface area contributed by atoms with Crippen molar-refractivity contribution in [2.24, 2.45) is 0 Å². The first-order valence-electron chi connectivity index (χ1n) is 9.40. The van der Waals surface area contributed by atoms with E-state index in [-0.39, 0.29) is 5.78 Å². The van der Waals surface area contributed by atoms with Crippen molar-refractivity contribution >= 4 is 11.4 Å². The molecular formula is C22H24N2O2. The van der Waals surface area contributed by atoms with E-state index in [1.165, 1.54) is 11.1 Å². The van der Waals surface area contributed by atoms with Gasteiger partial charge in [0.15, 0.2) is 17.2 Å². The smallest absolute Gasteiger partial charge is 0.182 e. The second-order valence-corrected chi connectivity index (χ2v) is 6.96. The SMILES string of the molecule is CCOc1cccn2c(C(=O)C[C@H]3CCCc4ccccc43)c(C)nc12. The molecule has 26 heavy (non-hydrogen) atoms. The van der Waals surface area contributed by atoms with Crippen molar-refractivity contribution in [2.45, 2.75) is 45.4 Å². The van der Waals surface area contributed by atoms with E-state index < -0.39 is 0 Å². The molecule has 4 heteroatoms. The lowest BCUT2D eigenvalue weighted by Crippen LogP contribution is -2.15. The highest BCUT2D eigenvalue weighted by Gasteiger charge is 2.26. The lowest BCUT2D eigenvalue weighted by atomic mass is 9.80. The molecule has 0 N–H and O–H groups in total. The molecule has 1 atom stereocenters. The third kappa shape index (κ3) is 2.90. The molecule has 0 radical (unpaired) electrons. The van der Waals surface area contributed by atoms with Gasteiger partial charge in [-0.1, -0.05) is 24.3 Å². The van der Waals surface area contributed by atoms with Crippen LogP contribution in [0.2, 0.25) is 0 Å². The normalized spacial score (nSPS) is 16.5. The third-order valence-electron chi connectivity index (χ3n) is 5.28. The van der Waals surface area contributed by atoms with Crippen molar-refractivity contribution in [2.75, 3.05) is 6.61 Å². The summed E-state index contributed by atoms with van der Waals surface area (Å²) in [4.78, 5) is 17.8. The Morgan fingerprint density at radius 1 is 1.27 bits per heavy atom. The van der Waals surface area contributed by atoms with Crippen molar-refractivity contribution < 1.29 is 9.53 Å². The molecule has 4 rings (SSSR count). The number of benzene rings is 1.